The zero-order valence-corrected chi connectivity index (χ0v) is 19.9. The van der Waals surface area contributed by atoms with Crippen molar-refractivity contribution >= 4 is 17.2 Å². The normalized spacial score (nSPS) is 12.1. The smallest absolute Gasteiger partial charge is 0.254 e. The van der Waals surface area contributed by atoms with E-state index in [-0.39, 0.29) is 11.9 Å². The molecule has 5 heteroatoms. The van der Waals surface area contributed by atoms with Crippen LogP contribution in [0.1, 0.15) is 72.2 Å². The Morgan fingerprint density at radius 1 is 1.10 bits per heavy atom. The number of hydrogen-bond donors (Lipinski definition) is 0. The molecule has 31 heavy (non-hydrogen) atoms. The van der Waals surface area contributed by atoms with Crippen molar-refractivity contribution in [3.05, 3.63) is 81.3 Å². The van der Waals surface area contributed by atoms with Gasteiger partial charge in [0.25, 0.3) is 5.91 Å². The fourth-order valence-electron chi connectivity index (χ4n) is 3.40. The molecule has 0 bridgehead atoms. The third-order valence-corrected chi connectivity index (χ3v) is 6.38. The highest BCUT2D eigenvalue weighted by atomic mass is 32.1. The van der Waals surface area contributed by atoms with Crippen LogP contribution >= 0.6 is 11.3 Å². The number of nitrogens with zero attached hydrogens (tertiary/aromatic N) is 2. The monoisotopic (exact) mass is 436 g/mol. The van der Waals surface area contributed by atoms with Gasteiger partial charge in [0.05, 0.1) is 12.2 Å². The van der Waals surface area contributed by atoms with E-state index in [0.717, 1.165) is 34.0 Å². The van der Waals surface area contributed by atoms with Crippen LogP contribution in [-0.4, -0.2) is 21.8 Å². The van der Waals surface area contributed by atoms with Crippen molar-refractivity contribution in [2.45, 2.75) is 66.2 Å². The third-order valence-electron chi connectivity index (χ3n) is 5.51. The SMILES string of the molecule is CCC(C)N(Cc1csc(COc2ccccc2C(C)C)n1)C(=O)c1ccc(C)cc1. The van der Waals surface area contributed by atoms with Gasteiger partial charge in [-0.3, -0.25) is 4.79 Å². The largest absolute Gasteiger partial charge is 0.486 e. The molecule has 0 N–H and O–H groups in total. The summed E-state index contributed by atoms with van der Waals surface area (Å²) in [7, 11) is 0. The molecule has 1 atom stereocenters. The van der Waals surface area contributed by atoms with Gasteiger partial charge in [-0.05, 0) is 49.9 Å². The molecule has 0 spiro atoms. The van der Waals surface area contributed by atoms with Gasteiger partial charge in [0.15, 0.2) is 0 Å². The fraction of sp³-hybridized carbons (Fsp3) is 0.385. The lowest BCUT2D eigenvalue weighted by Gasteiger charge is -2.28. The molecule has 164 valence electrons. The Hall–Kier alpha value is -2.66. The van der Waals surface area contributed by atoms with E-state index in [1.165, 1.54) is 5.56 Å². The summed E-state index contributed by atoms with van der Waals surface area (Å²) < 4.78 is 6.07. The Morgan fingerprint density at radius 3 is 2.48 bits per heavy atom. The van der Waals surface area contributed by atoms with Gasteiger partial charge in [-0.25, -0.2) is 4.98 Å². The first-order chi connectivity index (χ1) is 14.9. The number of benzene rings is 2. The number of rotatable bonds is 9. The summed E-state index contributed by atoms with van der Waals surface area (Å²) in [5, 5.41) is 2.95. The topological polar surface area (TPSA) is 42.4 Å². The first kappa shape index (κ1) is 23.0. The van der Waals surface area contributed by atoms with E-state index < -0.39 is 0 Å². The Kier molecular flexibility index (Phi) is 7.85. The van der Waals surface area contributed by atoms with Crippen LogP contribution in [0.3, 0.4) is 0 Å². The molecule has 2 aromatic carbocycles. The summed E-state index contributed by atoms with van der Waals surface area (Å²) in [5.41, 5.74) is 3.97. The van der Waals surface area contributed by atoms with Crippen LogP contribution in [-0.2, 0) is 13.2 Å². The number of amides is 1. The number of aromatic nitrogens is 1. The molecule has 0 saturated heterocycles. The predicted octanol–water partition coefficient (Wildman–Crippen LogP) is 6.59. The van der Waals surface area contributed by atoms with Crippen molar-refractivity contribution in [2.75, 3.05) is 0 Å². The summed E-state index contributed by atoms with van der Waals surface area (Å²) >= 11 is 1.58. The van der Waals surface area contributed by atoms with E-state index >= 15 is 0 Å². The van der Waals surface area contributed by atoms with Gasteiger partial charge in [0.2, 0.25) is 0 Å². The molecule has 1 unspecified atom stereocenters. The van der Waals surface area contributed by atoms with Gasteiger partial charge >= 0.3 is 0 Å². The number of aryl methyl sites for hydroxylation is 1. The highest BCUT2D eigenvalue weighted by Crippen LogP contribution is 2.27. The van der Waals surface area contributed by atoms with Crippen molar-refractivity contribution in [2.24, 2.45) is 0 Å². The molecule has 1 heterocycles. The third kappa shape index (κ3) is 5.95. The van der Waals surface area contributed by atoms with Crippen LogP contribution in [0.15, 0.2) is 53.9 Å². The first-order valence-electron chi connectivity index (χ1n) is 10.9. The Balaban J connectivity index is 1.70. The maximum absolute atomic E-state index is 13.2. The molecule has 0 radical (unpaired) electrons. The maximum atomic E-state index is 13.2. The molecular weight excluding hydrogens is 404 g/mol. The molecule has 3 aromatic rings. The lowest BCUT2D eigenvalue weighted by molar-refractivity contribution is 0.0669. The van der Waals surface area contributed by atoms with Crippen LogP contribution in [0.4, 0.5) is 0 Å². The van der Waals surface area contributed by atoms with E-state index in [1.54, 1.807) is 11.3 Å². The van der Waals surface area contributed by atoms with Gasteiger partial charge in [-0.15, -0.1) is 11.3 Å². The molecule has 0 aliphatic carbocycles. The van der Waals surface area contributed by atoms with E-state index in [2.05, 4.69) is 33.8 Å². The number of carbonyl (C=O) groups is 1. The fourth-order valence-corrected chi connectivity index (χ4v) is 4.10. The van der Waals surface area contributed by atoms with Gasteiger partial charge in [-0.2, -0.15) is 0 Å². The second-order valence-electron chi connectivity index (χ2n) is 8.27. The van der Waals surface area contributed by atoms with Gasteiger partial charge in [-0.1, -0.05) is 56.7 Å². The van der Waals surface area contributed by atoms with E-state index in [4.69, 9.17) is 9.72 Å². The second kappa shape index (κ2) is 10.6. The van der Waals surface area contributed by atoms with Crippen LogP contribution < -0.4 is 4.74 Å². The molecule has 1 aromatic heterocycles. The van der Waals surface area contributed by atoms with Crippen molar-refractivity contribution in [3.8, 4) is 5.75 Å². The summed E-state index contributed by atoms with van der Waals surface area (Å²) in [6, 6.07) is 16.0. The number of carbonyl (C=O) groups excluding carboxylic acids is 1. The Bertz CT molecular complexity index is 995. The van der Waals surface area contributed by atoms with E-state index in [0.29, 0.717) is 19.1 Å². The Labute approximate surface area is 189 Å². The Morgan fingerprint density at radius 2 is 1.81 bits per heavy atom. The molecule has 1 amide bonds. The van der Waals surface area contributed by atoms with Crippen molar-refractivity contribution in [3.63, 3.8) is 0 Å². The number of para-hydroxylation sites is 1. The highest BCUT2D eigenvalue weighted by Gasteiger charge is 2.22. The summed E-state index contributed by atoms with van der Waals surface area (Å²) in [4.78, 5) is 19.8. The molecule has 0 aliphatic rings. The summed E-state index contributed by atoms with van der Waals surface area (Å²) in [6.45, 7) is 11.5. The zero-order valence-electron chi connectivity index (χ0n) is 19.1. The second-order valence-corrected chi connectivity index (χ2v) is 9.21. The minimum atomic E-state index is 0.0472. The zero-order chi connectivity index (χ0) is 22.4. The van der Waals surface area contributed by atoms with Crippen LogP contribution in [0.25, 0.3) is 0 Å². The summed E-state index contributed by atoms with van der Waals surface area (Å²) in [6.07, 6.45) is 0.893. The van der Waals surface area contributed by atoms with Crippen LogP contribution in [0.5, 0.6) is 5.75 Å². The first-order valence-corrected chi connectivity index (χ1v) is 11.8. The van der Waals surface area contributed by atoms with Crippen molar-refractivity contribution in [1.82, 2.24) is 9.88 Å². The average Bonchev–Trinajstić information content (AvgIpc) is 3.23. The van der Waals surface area contributed by atoms with Crippen LogP contribution in [0.2, 0.25) is 0 Å². The van der Waals surface area contributed by atoms with E-state index in [9.17, 15) is 4.79 Å². The maximum Gasteiger partial charge on any atom is 0.254 e. The lowest BCUT2D eigenvalue weighted by Crippen LogP contribution is -2.37. The van der Waals surface area contributed by atoms with Crippen molar-refractivity contribution < 1.29 is 9.53 Å². The minimum absolute atomic E-state index is 0.0472. The molecule has 0 saturated carbocycles. The minimum Gasteiger partial charge on any atom is -0.486 e. The lowest BCUT2D eigenvalue weighted by atomic mass is 10.0. The van der Waals surface area contributed by atoms with E-state index in [1.807, 2.05) is 59.7 Å². The quantitative estimate of drug-likeness (QED) is 0.380. The number of ether oxygens (including phenoxy) is 1. The molecule has 3 rings (SSSR count). The van der Waals surface area contributed by atoms with Crippen LogP contribution in [0, 0.1) is 6.92 Å². The predicted molar refractivity (Wildman–Crippen MR) is 128 cm³/mol. The van der Waals surface area contributed by atoms with Gasteiger partial charge in [0, 0.05) is 17.0 Å². The average molecular weight is 437 g/mol. The number of hydrogen-bond acceptors (Lipinski definition) is 4. The molecule has 4 nitrogen and oxygen atoms in total. The van der Waals surface area contributed by atoms with Crippen molar-refractivity contribution in [1.29, 1.82) is 0 Å². The van der Waals surface area contributed by atoms with Gasteiger partial charge in [0.1, 0.15) is 17.4 Å². The molecular formula is C26H32N2O2S. The highest BCUT2D eigenvalue weighted by molar-refractivity contribution is 7.09. The number of thiazole rings is 1. The molecule has 0 aliphatic heterocycles. The van der Waals surface area contributed by atoms with Gasteiger partial charge < -0.3 is 9.64 Å². The summed E-state index contributed by atoms with van der Waals surface area (Å²) in [5.74, 6) is 1.36. The molecule has 0 fully saturated rings. The standard InChI is InChI=1S/C26H32N2O2S/c1-6-20(5)28(26(29)21-13-11-19(4)12-14-21)15-22-17-31-25(27-22)16-30-24-10-8-7-9-23(24)18(2)3/h7-14,17-18,20H,6,15-16H2,1-5H3.